The zero-order valence-electron chi connectivity index (χ0n) is 43.0. The summed E-state index contributed by atoms with van der Waals surface area (Å²) in [6.45, 7) is 18.1. The zero-order valence-corrected chi connectivity index (χ0v) is 44.5. The van der Waals surface area contributed by atoms with E-state index in [1.54, 1.807) is 53.7 Å². The number of rotatable bonds is 13. The van der Waals surface area contributed by atoms with Crippen molar-refractivity contribution in [3.8, 4) is 11.5 Å². The molecule has 7 N–H and O–H groups in total. The predicted octanol–water partition coefficient (Wildman–Crippen LogP) is 6.23. The van der Waals surface area contributed by atoms with Gasteiger partial charge in [0, 0.05) is 19.4 Å². The normalized spacial score (nSPS) is 34.8. The van der Waals surface area contributed by atoms with Crippen LogP contribution in [0.4, 0.5) is 0 Å². The first-order valence-corrected chi connectivity index (χ1v) is 24.9. The number of carbonyl (C=O) groups excluding carboxylic acids is 3. The van der Waals surface area contributed by atoms with E-state index in [1.165, 1.54) is 33.1 Å². The Labute approximate surface area is 431 Å². The van der Waals surface area contributed by atoms with Crippen molar-refractivity contribution in [3.63, 3.8) is 0 Å². The number of hydrogen-bond donors (Lipinski definition) is 7. The topological polar surface area (TPSA) is 267 Å². The number of aromatic hydroxyl groups is 2. The van der Waals surface area contributed by atoms with Gasteiger partial charge in [0.05, 0.1) is 47.5 Å². The first kappa shape index (κ1) is 60.7. The molecular weight excluding hydrogens is 983 g/mol. The molecule has 72 heavy (non-hydrogen) atoms. The molecule has 2 fully saturated rings. The number of hydrogen-bond acceptors (Lipinski definition) is 18. The van der Waals surface area contributed by atoms with Crippen molar-refractivity contribution in [2.75, 3.05) is 13.7 Å². The van der Waals surface area contributed by atoms with Crippen LogP contribution in [0.15, 0.2) is 58.7 Å². The fraction of sp³-hybridized carbons (Fsp3) is 0.635. The monoisotopic (exact) mass is 1060 g/mol. The van der Waals surface area contributed by atoms with Crippen LogP contribution < -0.4 is 0 Å². The largest absolute Gasteiger partial charge is 0.505 e. The molecule has 0 aromatic heterocycles. The molecular formula is C52H74Cl2O18. The minimum absolute atomic E-state index is 0.0372. The summed E-state index contributed by atoms with van der Waals surface area (Å²) in [7, 11) is 1.26. The van der Waals surface area contributed by atoms with E-state index in [4.69, 9.17) is 61.1 Å². The zero-order chi connectivity index (χ0) is 54.1. The Kier molecular flexibility index (Phi) is 22.4. The quantitative estimate of drug-likeness (QED) is 0.0655. The van der Waals surface area contributed by atoms with Gasteiger partial charge in [-0.3, -0.25) is 4.79 Å². The lowest BCUT2D eigenvalue weighted by Crippen LogP contribution is -2.64. The second-order valence-corrected chi connectivity index (χ2v) is 20.1. The number of phenols is 2. The summed E-state index contributed by atoms with van der Waals surface area (Å²) in [5, 5.41) is 76.5. The number of halogens is 2. The van der Waals surface area contributed by atoms with Crippen LogP contribution in [-0.4, -0.2) is 153 Å². The summed E-state index contributed by atoms with van der Waals surface area (Å²) in [4.78, 5) is 40.0. The Morgan fingerprint density at radius 1 is 0.903 bits per heavy atom. The van der Waals surface area contributed by atoms with Crippen LogP contribution in [0.2, 0.25) is 10.0 Å². The second-order valence-electron chi connectivity index (χ2n) is 19.4. The van der Waals surface area contributed by atoms with Gasteiger partial charge in [0.2, 0.25) is 0 Å². The average molecular weight is 1060 g/mol. The number of allylic oxidation sites excluding steroid dienone is 4. The SMILES string of the molecule is CCc1c(Cl)c(O)c(Cl)c(O)c1C(=O)O[C@@H]1C(C)O[C@@H](OC/C2=C\C=C\CC(O)/C(C)=C/C(CC)[C@H](OC3OC(C)(C)C(OC(=O)C(C)C)[C@H](O)C3O)/C(C)=C/C(C)=C/C[C@H]([C@@H](C)O)OC2=O)C(OC)C1O. The molecule has 0 aliphatic carbocycles. The number of esters is 3. The number of methoxy groups -OCH3 is 1. The summed E-state index contributed by atoms with van der Waals surface area (Å²) in [5.41, 5.74) is 0.318. The van der Waals surface area contributed by atoms with Crippen LogP contribution in [-0.2, 0) is 53.9 Å². The summed E-state index contributed by atoms with van der Waals surface area (Å²) in [6.07, 6.45) is -5.45. The minimum Gasteiger partial charge on any atom is -0.505 e. The molecule has 4 rings (SSSR count). The van der Waals surface area contributed by atoms with Crippen molar-refractivity contribution in [2.24, 2.45) is 11.8 Å². The van der Waals surface area contributed by atoms with Crippen molar-refractivity contribution in [3.05, 3.63) is 79.9 Å². The third-order valence-corrected chi connectivity index (χ3v) is 13.8. The van der Waals surface area contributed by atoms with E-state index < -0.39 is 144 Å². The van der Waals surface area contributed by atoms with E-state index in [0.717, 1.165) is 0 Å². The summed E-state index contributed by atoms with van der Waals surface area (Å²) < 4.78 is 47.5. The van der Waals surface area contributed by atoms with E-state index >= 15 is 0 Å². The first-order valence-electron chi connectivity index (χ1n) is 24.2. The van der Waals surface area contributed by atoms with Crippen molar-refractivity contribution in [1.82, 2.24) is 0 Å². The Morgan fingerprint density at radius 2 is 1.57 bits per heavy atom. The number of aliphatic hydroxyl groups is 5. The minimum atomic E-state index is -1.61. The maximum atomic E-state index is 13.9. The van der Waals surface area contributed by atoms with E-state index in [0.29, 0.717) is 23.1 Å². The van der Waals surface area contributed by atoms with Crippen molar-refractivity contribution >= 4 is 41.1 Å². The Morgan fingerprint density at radius 3 is 2.17 bits per heavy atom. The number of carbonyl (C=O) groups is 3. The highest BCUT2D eigenvalue weighted by Crippen LogP contribution is 2.45. The molecule has 20 heteroatoms. The van der Waals surface area contributed by atoms with Gasteiger partial charge in [-0.25, -0.2) is 9.59 Å². The van der Waals surface area contributed by atoms with E-state index in [1.807, 2.05) is 32.9 Å². The number of cyclic esters (lactones) is 1. The number of phenolic OH excluding ortho intramolecular Hbond substituents is 2. The smallest absolute Gasteiger partial charge is 0.342 e. The molecule has 3 aliphatic rings. The highest BCUT2D eigenvalue weighted by atomic mass is 35.5. The molecule has 0 amide bonds. The molecule has 2 saturated heterocycles. The van der Waals surface area contributed by atoms with Gasteiger partial charge in [-0.15, -0.1) is 0 Å². The molecule has 18 nitrogen and oxygen atoms in total. The lowest BCUT2D eigenvalue weighted by molar-refractivity contribution is -0.333. The van der Waals surface area contributed by atoms with Gasteiger partial charge in [0.25, 0.3) is 0 Å². The average Bonchev–Trinajstić information content (AvgIpc) is 3.32. The molecule has 1 aromatic carbocycles. The van der Waals surface area contributed by atoms with Crippen molar-refractivity contribution in [2.45, 2.75) is 187 Å². The standard InChI is InChI=1S/C52H74Cl2O18/c1-13-30-22-26(6)33(56)18-16-15-17-31(23-66-51-45(65-12)42(61)44(29(9)67-51)69-49(64)35-32(14-2)36(53)39(58)37(54)38(35)57)48(63)68-34(28(8)55)20-19-25(5)21-27(7)43(30)70-50-41(60)40(59)46(52(10,11)72-50)71-47(62)24(3)4/h15-17,19,21-22,24,28-30,33-34,40-46,50-51,55-61H,13-14,18,20,23H2,1-12H3/b16-15+,25-19+,26-22+,27-21+,31-17+/t28-,29?,30?,33?,34-,40-,41?,42?,43-,44-,45?,46?,50?,51-/m1/s1. The third-order valence-electron chi connectivity index (χ3n) is 13.0. The maximum absolute atomic E-state index is 13.9. The molecule has 1 aromatic rings. The van der Waals surface area contributed by atoms with Crippen LogP contribution in [0.25, 0.3) is 0 Å². The molecule has 14 atom stereocenters. The Balaban J connectivity index is 1.61. The highest BCUT2D eigenvalue weighted by Gasteiger charge is 2.53. The van der Waals surface area contributed by atoms with Gasteiger partial charge in [0.15, 0.2) is 36.3 Å². The fourth-order valence-corrected chi connectivity index (χ4v) is 9.16. The van der Waals surface area contributed by atoms with Gasteiger partial charge >= 0.3 is 17.9 Å². The third kappa shape index (κ3) is 14.7. The number of benzene rings is 1. The van der Waals surface area contributed by atoms with Crippen LogP contribution >= 0.6 is 23.2 Å². The second kappa shape index (κ2) is 26.5. The summed E-state index contributed by atoms with van der Waals surface area (Å²) >= 11 is 12.3. The van der Waals surface area contributed by atoms with Gasteiger partial charge in [-0.1, -0.05) is 86.9 Å². The molecule has 0 radical (unpaired) electrons. The summed E-state index contributed by atoms with van der Waals surface area (Å²) in [5.74, 6) is -4.78. The molecule has 0 saturated carbocycles. The Bertz CT molecular complexity index is 2220. The highest BCUT2D eigenvalue weighted by molar-refractivity contribution is 6.39. The number of aliphatic hydroxyl groups excluding tert-OH is 5. The molecule has 3 heterocycles. The molecule has 0 bridgehead atoms. The molecule has 404 valence electrons. The van der Waals surface area contributed by atoms with E-state index in [-0.39, 0.29) is 35.4 Å². The van der Waals surface area contributed by atoms with Crippen LogP contribution in [0.3, 0.4) is 0 Å². The predicted molar refractivity (Wildman–Crippen MR) is 265 cm³/mol. The lowest BCUT2D eigenvalue weighted by atomic mass is 9.88. The maximum Gasteiger partial charge on any atom is 0.342 e. The fourth-order valence-electron chi connectivity index (χ4n) is 8.60. The van der Waals surface area contributed by atoms with Crippen LogP contribution in [0, 0.1) is 11.8 Å². The van der Waals surface area contributed by atoms with Gasteiger partial charge < -0.3 is 73.6 Å². The van der Waals surface area contributed by atoms with Crippen LogP contribution in [0.1, 0.15) is 111 Å². The lowest BCUT2D eigenvalue weighted by Gasteiger charge is -2.47. The molecule has 3 aliphatic heterocycles. The van der Waals surface area contributed by atoms with Crippen molar-refractivity contribution < 1.29 is 88.0 Å². The van der Waals surface area contributed by atoms with Gasteiger partial charge in [-0.05, 0) is 90.5 Å². The summed E-state index contributed by atoms with van der Waals surface area (Å²) in [6, 6.07) is 0. The Hall–Kier alpha value is -3.89. The van der Waals surface area contributed by atoms with E-state index in [9.17, 15) is 50.1 Å². The van der Waals surface area contributed by atoms with Gasteiger partial charge in [-0.2, -0.15) is 0 Å². The van der Waals surface area contributed by atoms with E-state index in [2.05, 4.69) is 0 Å². The number of ether oxygens (including phenoxy) is 8. The van der Waals surface area contributed by atoms with Crippen LogP contribution in [0.5, 0.6) is 11.5 Å². The van der Waals surface area contributed by atoms with Gasteiger partial charge in [0.1, 0.15) is 46.7 Å². The van der Waals surface area contributed by atoms with Crippen molar-refractivity contribution in [1.29, 1.82) is 0 Å². The first-order chi connectivity index (χ1) is 33.7. The molecule has 0 spiro atoms. The molecule has 8 unspecified atom stereocenters.